The summed E-state index contributed by atoms with van der Waals surface area (Å²) >= 11 is 0. The highest BCUT2D eigenvalue weighted by Gasteiger charge is 2.14. The zero-order chi connectivity index (χ0) is 9.10. The van der Waals surface area contributed by atoms with Crippen molar-refractivity contribution in [3.63, 3.8) is 0 Å². The lowest BCUT2D eigenvalue weighted by molar-refractivity contribution is 0.0520. The van der Waals surface area contributed by atoms with E-state index in [0.717, 1.165) is 26.3 Å². The van der Waals surface area contributed by atoms with Gasteiger partial charge >= 0.3 is 0 Å². The van der Waals surface area contributed by atoms with E-state index in [1.807, 2.05) is 0 Å². The first kappa shape index (κ1) is 8.82. The zero-order valence-corrected chi connectivity index (χ0v) is 8.25. The molecular formula is C11H17NO. The number of allylic oxidation sites excluding steroid dienone is 4. The number of morpholine rings is 1. The van der Waals surface area contributed by atoms with Crippen molar-refractivity contribution < 1.29 is 4.74 Å². The second kappa shape index (κ2) is 3.97. The van der Waals surface area contributed by atoms with Crippen LogP contribution in [0.25, 0.3) is 0 Å². The lowest BCUT2D eigenvalue weighted by Crippen LogP contribution is -2.35. The molecule has 1 fully saturated rings. The molecule has 0 spiro atoms. The van der Waals surface area contributed by atoms with Gasteiger partial charge in [0.1, 0.15) is 0 Å². The summed E-state index contributed by atoms with van der Waals surface area (Å²) < 4.78 is 5.33. The number of hydrogen-bond acceptors (Lipinski definition) is 2. The van der Waals surface area contributed by atoms with E-state index >= 15 is 0 Å². The van der Waals surface area contributed by atoms with E-state index in [4.69, 9.17) is 4.74 Å². The lowest BCUT2D eigenvalue weighted by atomic mass is 10.0. The van der Waals surface area contributed by atoms with Crippen LogP contribution in [-0.2, 0) is 4.74 Å². The number of nitrogens with zero attached hydrogens (tertiary/aromatic N) is 1. The van der Waals surface area contributed by atoms with Gasteiger partial charge in [0.25, 0.3) is 0 Å². The Balaban J connectivity index is 1.99. The minimum absolute atomic E-state index is 0.889. The number of ether oxygens (including phenoxy) is 1. The summed E-state index contributed by atoms with van der Waals surface area (Å²) in [5.41, 5.74) is 2.99. The van der Waals surface area contributed by atoms with Crippen molar-refractivity contribution in [2.75, 3.05) is 26.3 Å². The summed E-state index contributed by atoms with van der Waals surface area (Å²) in [5, 5.41) is 0. The summed E-state index contributed by atoms with van der Waals surface area (Å²) in [4.78, 5) is 2.45. The second-order valence-corrected chi connectivity index (χ2v) is 3.77. The van der Waals surface area contributed by atoms with Gasteiger partial charge in [0.2, 0.25) is 0 Å². The van der Waals surface area contributed by atoms with Gasteiger partial charge in [0.05, 0.1) is 13.2 Å². The molecule has 1 aliphatic carbocycles. The summed E-state index contributed by atoms with van der Waals surface area (Å²) in [7, 11) is 0. The Hall–Kier alpha value is -0.760. The molecule has 1 saturated heterocycles. The van der Waals surface area contributed by atoms with Gasteiger partial charge in [-0.05, 0) is 25.8 Å². The van der Waals surface area contributed by atoms with Crippen LogP contribution in [0.15, 0.2) is 23.4 Å². The molecule has 2 heteroatoms. The first-order valence-corrected chi connectivity index (χ1v) is 5.05. The average Bonchev–Trinajstić information content (AvgIpc) is 2.20. The molecule has 1 heterocycles. The van der Waals surface area contributed by atoms with Gasteiger partial charge in [-0.1, -0.05) is 11.6 Å². The van der Waals surface area contributed by atoms with Gasteiger partial charge in [-0.15, -0.1) is 0 Å². The van der Waals surface area contributed by atoms with E-state index in [1.165, 1.54) is 24.1 Å². The number of rotatable bonds is 1. The normalized spacial score (nSPS) is 23.9. The SMILES string of the molecule is CC1=CC=C(N2CCOCC2)CC1. The van der Waals surface area contributed by atoms with E-state index in [-0.39, 0.29) is 0 Å². The highest BCUT2D eigenvalue weighted by Crippen LogP contribution is 2.21. The molecule has 0 amide bonds. The van der Waals surface area contributed by atoms with Crippen LogP contribution in [0.4, 0.5) is 0 Å². The Kier molecular flexibility index (Phi) is 2.69. The fraction of sp³-hybridized carbons (Fsp3) is 0.636. The minimum Gasteiger partial charge on any atom is -0.378 e. The van der Waals surface area contributed by atoms with Crippen LogP contribution in [-0.4, -0.2) is 31.2 Å². The largest absolute Gasteiger partial charge is 0.378 e. The lowest BCUT2D eigenvalue weighted by Gasteiger charge is -2.32. The summed E-state index contributed by atoms with van der Waals surface area (Å²) in [5.74, 6) is 0. The van der Waals surface area contributed by atoms with Crippen LogP contribution in [0.3, 0.4) is 0 Å². The molecule has 0 saturated carbocycles. The van der Waals surface area contributed by atoms with Crippen molar-refractivity contribution in [3.05, 3.63) is 23.4 Å². The highest BCUT2D eigenvalue weighted by atomic mass is 16.5. The van der Waals surface area contributed by atoms with Crippen LogP contribution in [0.1, 0.15) is 19.8 Å². The third kappa shape index (κ3) is 2.13. The van der Waals surface area contributed by atoms with Gasteiger partial charge in [-0.25, -0.2) is 0 Å². The van der Waals surface area contributed by atoms with E-state index in [2.05, 4.69) is 24.0 Å². The smallest absolute Gasteiger partial charge is 0.0642 e. The molecule has 2 rings (SSSR count). The Morgan fingerprint density at radius 3 is 2.54 bits per heavy atom. The maximum Gasteiger partial charge on any atom is 0.0642 e. The molecule has 0 aromatic rings. The molecule has 13 heavy (non-hydrogen) atoms. The van der Waals surface area contributed by atoms with Crippen molar-refractivity contribution in [3.8, 4) is 0 Å². The Morgan fingerprint density at radius 1 is 1.15 bits per heavy atom. The first-order valence-electron chi connectivity index (χ1n) is 5.05. The summed E-state index contributed by atoms with van der Waals surface area (Å²) in [6.07, 6.45) is 6.95. The van der Waals surface area contributed by atoms with E-state index in [9.17, 15) is 0 Å². The molecule has 1 aliphatic heterocycles. The zero-order valence-electron chi connectivity index (χ0n) is 8.25. The molecule has 0 radical (unpaired) electrons. The third-order valence-electron chi connectivity index (χ3n) is 2.75. The standard InChI is InChI=1S/C11H17NO/c1-10-2-4-11(5-3-10)12-6-8-13-9-7-12/h2,4H,3,5-9H2,1H3. The molecule has 0 unspecified atom stereocenters. The van der Waals surface area contributed by atoms with Crippen molar-refractivity contribution in [1.29, 1.82) is 0 Å². The van der Waals surface area contributed by atoms with E-state index in [0.29, 0.717) is 0 Å². The number of hydrogen-bond donors (Lipinski definition) is 0. The molecule has 0 aromatic heterocycles. The second-order valence-electron chi connectivity index (χ2n) is 3.77. The predicted molar refractivity (Wildman–Crippen MR) is 53.5 cm³/mol. The Bertz CT molecular complexity index is 236. The van der Waals surface area contributed by atoms with Gasteiger partial charge in [0, 0.05) is 18.8 Å². The molecule has 2 aliphatic rings. The third-order valence-corrected chi connectivity index (χ3v) is 2.75. The molecule has 0 aromatic carbocycles. The predicted octanol–water partition coefficient (Wildman–Crippen LogP) is 1.94. The van der Waals surface area contributed by atoms with Gasteiger partial charge in [0.15, 0.2) is 0 Å². The van der Waals surface area contributed by atoms with Crippen LogP contribution >= 0.6 is 0 Å². The van der Waals surface area contributed by atoms with Gasteiger partial charge in [-0.2, -0.15) is 0 Å². The van der Waals surface area contributed by atoms with Crippen molar-refractivity contribution in [1.82, 2.24) is 4.90 Å². The van der Waals surface area contributed by atoms with Crippen molar-refractivity contribution in [2.45, 2.75) is 19.8 Å². The first-order chi connectivity index (χ1) is 6.36. The molecule has 0 bridgehead atoms. The maximum atomic E-state index is 5.33. The topological polar surface area (TPSA) is 12.5 Å². The van der Waals surface area contributed by atoms with Gasteiger partial charge < -0.3 is 9.64 Å². The highest BCUT2D eigenvalue weighted by molar-refractivity contribution is 5.22. The van der Waals surface area contributed by atoms with E-state index in [1.54, 1.807) is 0 Å². The van der Waals surface area contributed by atoms with Crippen LogP contribution < -0.4 is 0 Å². The quantitative estimate of drug-likeness (QED) is 0.610. The molecule has 0 atom stereocenters. The van der Waals surface area contributed by atoms with E-state index < -0.39 is 0 Å². The fourth-order valence-electron chi connectivity index (χ4n) is 1.84. The Labute approximate surface area is 79.9 Å². The van der Waals surface area contributed by atoms with Gasteiger partial charge in [-0.3, -0.25) is 0 Å². The summed E-state index contributed by atoms with van der Waals surface area (Å²) in [6, 6.07) is 0. The van der Waals surface area contributed by atoms with Crippen LogP contribution in [0.2, 0.25) is 0 Å². The molecular weight excluding hydrogens is 162 g/mol. The molecule has 72 valence electrons. The summed E-state index contributed by atoms with van der Waals surface area (Å²) in [6.45, 7) is 6.12. The monoisotopic (exact) mass is 179 g/mol. The van der Waals surface area contributed by atoms with Crippen LogP contribution in [0, 0.1) is 0 Å². The van der Waals surface area contributed by atoms with Crippen molar-refractivity contribution in [2.24, 2.45) is 0 Å². The Morgan fingerprint density at radius 2 is 1.92 bits per heavy atom. The maximum absolute atomic E-state index is 5.33. The van der Waals surface area contributed by atoms with Crippen LogP contribution in [0.5, 0.6) is 0 Å². The minimum atomic E-state index is 0.889. The average molecular weight is 179 g/mol. The molecule has 2 nitrogen and oxygen atoms in total. The molecule has 0 N–H and O–H groups in total. The fourth-order valence-corrected chi connectivity index (χ4v) is 1.84. The van der Waals surface area contributed by atoms with Crippen molar-refractivity contribution >= 4 is 0 Å².